The van der Waals surface area contributed by atoms with Crippen molar-refractivity contribution in [1.82, 2.24) is 10.2 Å². The fourth-order valence-electron chi connectivity index (χ4n) is 6.77. The molecule has 216 valence electrons. The van der Waals surface area contributed by atoms with Crippen LogP contribution in [0.3, 0.4) is 0 Å². The second-order valence-corrected chi connectivity index (χ2v) is 12.6. The van der Waals surface area contributed by atoms with Crippen molar-refractivity contribution in [3.63, 3.8) is 0 Å². The van der Waals surface area contributed by atoms with Crippen molar-refractivity contribution in [3.05, 3.63) is 93.0 Å². The first-order valence-corrected chi connectivity index (χ1v) is 15.5. The molecule has 0 radical (unpaired) electrons. The first kappa shape index (κ1) is 28.4. The number of benzene rings is 3. The van der Waals surface area contributed by atoms with E-state index < -0.39 is 0 Å². The summed E-state index contributed by atoms with van der Waals surface area (Å²) in [5.41, 5.74) is 5.08. The van der Waals surface area contributed by atoms with Crippen LogP contribution in [0.1, 0.15) is 47.4 Å². The van der Waals surface area contributed by atoms with E-state index in [0.29, 0.717) is 59.3 Å². The summed E-state index contributed by atoms with van der Waals surface area (Å²) in [5, 5.41) is 4.53. The average molecular weight is 594 g/mol. The average Bonchev–Trinajstić information content (AvgIpc) is 3.59. The van der Waals surface area contributed by atoms with Gasteiger partial charge in [-0.05, 0) is 110 Å². The van der Waals surface area contributed by atoms with Crippen LogP contribution < -0.4 is 14.8 Å². The number of aryl methyl sites for hydroxylation is 1. The third-order valence-electron chi connectivity index (χ3n) is 9.28. The zero-order chi connectivity index (χ0) is 28.5. The van der Waals surface area contributed by atoms with Crippen molar-refractivity contribution in [3.8, 4) is 11.5 Å². The highest BCUT2D eigenvalue weighted by molar-refractivity contribution is 6.37. The van der Waals surface area contributed by atoms with Crippen molar-refractivity contribution >= 4 is 29.1 Å². The van der Waals surface area contributed by atoms with Gasteiger partial charge in [-0.25, -0.2) is 0 Å². The smallest absolute Gasteiger partial charge is 0.227 e. The van der Waals surface area contributed by atoms with Crippen LogP contribution in [0.25, 0.3) is 0 Å². The number of nitrogens with one attached hydrogen (secondary N) is 1. The number of nitrogens with zero attached hydrogens (tertiary/aromatic N) is 1. The molecule has 41 heavy (non-hydrogen) atoms. The molecule has 4 atom stereocenters. The summed E-state index contributed by atoms with van der Waals surface area (Å²) in [7, 11) is 0. The van der Waals surface area contributed by atoms with E-state index in [0.717, 1.165) is 38.1 Å². The quantitative estimate of drug-likeness (QED) is 0.253. The number of fused-ring (bicyclic) bond motifs is 1. The Morgan fingerprint density at radius 2 is 1.63 bits per heavy atom. The Balaban J connectivity index is 1.14. The summed E-state index contributed by atoms with van der Waals surface area (Å²) in [6.07, 6.45) is 3.26. The van der Waals surface area contributed by atoms with Crippen LogP contribution in [0, 0.1) is 31.6 Å². The van der Waals surface area contributed by atoms with Gasteiger partial charge in [0, 0.05) is 18.5 Å². The highest BCUT2D eigenvalue weighted by Gasteiger charge is 2.51. The minimum Gasteiger partial charge on any atom is -0.490 e. The molecule has 0 aromatic heterocycles. The number of hydrogen-bond donors (Lipinski definition) is 1. The molecule has 0 spiro atoms. The monoisotopic (exact) mass is 592 g/mol. The number of para-hydroxylation sites is 1. The summed E-state index contributed by atoms with van der Waals surface area (Å²) < 4.78 is 11.7. The highest BCUT2D eigenvalue weighted by atomic mass is 35.5. The molecule has 3 fully saturated rings. The van der Waals surface area contributed by atoms with Gasteiger partial charge in [0.25, 0.3) is 0 Å². The van der Waals surface area contributed by atoms with Crippen LogP contribution in [-0.2, 0) is 11.3 Å². The first-order valence-electron chi connectivity index (χ1n) is 14.8. The topological polar surface area (TPSA) is 50.8 Å². The molecule has 0 unspecified atom stereocenters. The molecule has 1 heterocycles. The second kappa shape index (κ2) is 12.2. The molecule has 7 heteroatoms. The van der Waals surface area contributed by atoms with Crippen LogP contribution >= 0.6 is 23.2 Å². The van der Waals surface area contributed by atoms with E-state index in [1.54, 1.807) is 18.2 Å². The lowest BCUT2D eigenvalue weighted by Gasteiger charge is -2.32. The Bertz CT molecular complexity index is 1370. The normalized spacial score (nSPS) is 23.3. The molecular formula is C34H38Cl2N2O3. The van der Waals surface area contributed by atoms with E-state index in [1.807, 2.05) is 12.1 Å². The molecule has 6 rings (SSSR count). The maximum absolute atomic E-state index is 14.4. The zero-order valence-electron chi connectivity index (χ0n) is 23.7. The lowest BCUT2D eigenvalue weighted by molar-refractivity contribution is -0.138. The summed E-state index contributed by atoms with van der Waals surface area (Å²) in [6.45, 7) is 7.67. The highest BCUT2D eigenvalue weighted by Crippen LogP contribution is 2.50. The lowest BCUT2D eigenvalue weighted by Crippen LogP contribution is -2.41. The number of ether oxygens (including phenoxy) is 2. The molecule has 2 saturated carbocycles. The van der Waals surface area contributed by atoms with Gasteiger partial charge in [-0.3, -0.25) is 4.79 Å². The van der Waals surface area contributed by atoms with Crippen molar-refractivity contribution in [2.24, 2.45) is 17.8 Å². The Labute approximate surface area is 253 Å². The van der Waals surface area contributed by atoms with Crippen molar-refractivity contribution in [2.75, 3.05) is 26.3 Å². The fourth-order valence-corrected chi connectivity index (χ4v) is 7.27. The summed E-state index contributed by atoms with van der Waals surface area (Å²) >= 11 is 12.4. The van der Waals surface area contributed by atoms with Crippen LogP contribution in [0.5, 0.6) is 11.5 Å². The number of rotatable bonds is 10. The molecule has 0 bridgehead atoms. The third kappa shape index (κ3) is 6.09. The molecular weight excluding hydrogens is 555 g/mol. The SMILES string of the molecule is Cc1cccc(CN(C(=O)[C@H]2[C@@H]3CNC[C@@H]3C[C@@H]2c2ccc(OCCOc3c(Cl)cccc3Cl)cc2)C2CC2)c1C. The minimum absolute atomic E-state index is 0.00116. The van der Waals surface area contributed by atoms with E-state index in [9.17, 15) is 4.79 Å². The summed E-state index contributed by atoms with van der Waals surface area (Å²) in [5.74, 6) is 2.74. The Morgan fingerprint density at radius 1 is 0.927 bits per heavy atom. The van der Waals surface area contributed by atoms with Crippen LogP contribution in [0.2, 0.25) is 10.0 Å². The summed E-state index contributed by atoms with van der Waals surface area (Å²) in [4.78, 5) is 16.6. The van der Waals surface area contributed by atoms with Gasteiger partial charge in [0.15, 0.2) is 5.75 Å². The van der Waals surface area contributed by atoms with Gasteiger partial charge in [0.2, 0.25) is 5.91 Å². The Morgan fingerprint density at radius 3 is 2.37 bits per heavy atom. The molecule has 1 N–H and O–H groups in total. The maximum atomic E-state index is 14.4. The van der Waals surface area contributed by atoms with E-state index in [4.69, 9.17) is 32.7 Å². The largest absolute Gasteiger partial charge is 0.490 e. The predicted molar refractivity (Wildman–Crippen MR) is 164 cm³/mol. The number of carbonyl (C=O) groups is 1. The molecule has 1 saturated heterocycles. The van der Waals surface area contributed by atoms with E-state index in [1.165, 1.54) is 22.3 Å². The number of hydrogen-bond acceptors (Lipinski definition) is 4. The second-order valence-electron chi connectivity index (χ2n) is 11.8. The van der Waals surface area contributed by atoms with Gasteiger partial charge >= 0.3 is 0 Å². The van der Waals surface area contributed by atoms with Crippen molar-refractivity contribution < 1.29 is 14.3 Å². The van der Waals surface area contributed by atoms with Gasteiger partial charge in [-0.15, -0.1) is 0 Å². The van der Waals surface area contributed by atoms with Crippen molar-refractivity contribution in [1.29, 1.82) is 0 Å². The molecule has 1 aliphatic heterocycles. The van der Waals surface area contributed by atoms with Crippen LogP contribution in [-0.4, -0.2) is 43.2 Å². The molecule has 5 nitrogen and oxygen atoms in total. The Kier molecular flexibility index (Phi) is 8.48. The van der Waals surface area contributed by atoms with Gasteiger partial charge in [0.1, 0.15) is 19.0 Å². The third-order valence-corrected chi connectivity index (χ3v) is 9.88. The van der Waals surface area contributed by atoms with E-state index in [-0.39, 0.29) is 11.8 Å². The summed E-state index contributed by atoms with van der Waals surface area (Å²) in [6, 6.07) is 20.4. The molecule has 3 aliphatic rings. The lowest BCUT2D eigenvalue weighted by atomic mass is 9.83. The maximum Gasteiger partial charge on any atom is 0.227 e. The van der Waals surface area contributed by atoms with Crippen molar-refractivity contribution in [2.45, 2.75) is 51.6 Å². The molecule has 3 aromatic rings. The van der Waals surface area contributed by atoms with Crippen LogP contribution in [0.15, 0.2) is 60.7 Å². The number of amides is 1. The number of halogens is 2. The standard InChI is InChI=1S/C34H38Cl2N2O3/c1-21-5-3-6-24(22(21)2)20-38(26-11-12-26)34(39)32-28(17-25-18-37-19-29(25)32)23-9-13-27(14-10-23)40-15-16-41-33-30(35)7-4-8-31(33)36/h3-10,13-14,25-26,28-29,32,37H,11-12,15-20H2,1-2H3/t25-,28+,29+,32+/m0/s1. The minimum atomic E-state index is 0.00116. The van der Waals surface area contributed by atoms with Crippen LogP contribution in [0.4, 0.5) is 0 Å². The van der Waals surface area contributed by atoms with Gasteiger partial charge in [-0.1, -0.05) is 59.6 Å². The predicted octanol–water partition coefficient (Wildman–Crippen LogP) is 7.20. The molecule has 3 aromatic carbocycles. The Hall–Kier alpha value is -2.73. The van der Waals surface area contributed by atoms with Gasteiger partial charge < -0.3 is 19.7 Å². The van der Waals surface area contributed by atoms with Gasteiger partial charge in [0.05, 0.1) is 10.0 Å². The number of carbonyl (C=O) groups excluding carboxylic acids is 1. The fraction of sp³-hybridized carbons (Fsp3) is 0.441. The molecule has 1 amide bonds. The van der Waals surface area contributed by atoms with Gasteiger partial charge in [-0.2, -0.15) is 0 Å². The van der Waals surface area contributed by atoms with E-state index >= 15 is 0 Å². The zero-order valence-corrected chi connectivity index (χ0v) is 25.3. The first-order chi connectivity index (χ1) is 19.9. The van der Waals surface area contributed by atoms with E-state index in [2.05, 4.69) is 54.4 Å². The molecule has 2 aliphatic carbocycles.